The summed E-state index contributed by atoms with van der Waals surface area (Å²) in [5.74, 6) is 1.32. The number of hydrogen-bond acceptors (Lipinski definition) is 6. The Hall–Kier alpha value is -2.19. The Morgan fingerprint density at radius 1 is 1.27 bits per heavy atom. The number of rotatable bonds is 6. The van der Waals surface area contributed by atoms with Gasteiger partial charge in [0.2, 0.25) is 5.89 Å². The molecule has 0 radical (unpaired) electrons. The molecule has 0 saturated heterocycles. The quantitative estimate of drug-likeness (QED) is 0.673. The van der Waals surface area contributed by atoms with Crippen molar-refractivity contribution in [3.05, 3.63) is 38.9 Å². The molecular weight excluding hydrogens is 356 g/mol. The van der Waals surface area contributed by atoms with Crippen molar-refractivity contribution in [3.8, 4) is 0 Å². The molecule has 0 bridgehead atoms. The van der Waals surface area contributed by atoms with Crippen LogP contribution in [0.4, 0.5) is 0 Å². The first-order valence-electron chi connectivity index (χ1n) is 8.44. The number of H-pyrrole nitrogens is 1. The molecular formula is C17H25ClN6O2. The van der Waals surface area contributed by atoms with E-state index < -0.39 is 0 Å². The minimum absolute atomic E-state index is 0. The van der Waals surface area contributed by atoms with Gasteiger partial charge in [-0.05, 0) is 45.4 Å². The van der Waals surface area contributed by atoms with Crippen LogP contribution in [0.2, 0.25) is 0 Å². The molecule has 8 nitrogen and oxygen atoms in total. The maximum absolute atomic E-state index is 12.3. The lowest BCUT2D eigenvalue weighted by Crippen LogP contribution is -2.24. The molecule has 3 aromatic heterocycles. The predicted molar refractivity (Wildman–Crippen MR) is 102 cm³/mol. The Kier molecular flexibility index (Phi) is 6.20. The SMILES string of the molecule is CNC(C)Cc1noc(CCc2c(C)nc3[nH]n(C)c(=O)c3c2C)n1.Cl. The van der Waals surface area contributed by atoms with Gasteiger partial charge in [0.05, 0.1) is 5.39 Å². The highest BCUT2D eigenvalue weighted by Crippen LogP contribution is 2.20. The molecule has 0 aliphatic heterocycles. The zero-order valence-corrected chi connectivity index (χ0v) is 16.5. The molecule has 0 amide bonds. The van der Waals surface area contributed by atoms with Gasteiger partial charge >= 0.3 is 0 Å². The summed E-state index contributed by atoms with van der Waals surface area (Å²) in [4.78, 5) is 21.2. The summed E-state index contributed by atoms with van der Waals surface area (Å²) < 4.78 is 6.80. The van der Waals surface area contributed by atoms with Crippen LogP contribution in [-0.2, 0) is 26.3 Å². The van der Waals surface area contributed by atoms with E-state index in [9.17, 15) is 4.79 Å². The van der Waals surface area contributed by atoms with Crippen LogP contribution in [0.3, 0.4) is 0 Å². The first kappa shape index (κ1) is 20.1. The van der Waals surface area contributed by atoms with Crippen molar-refractivity contribution in [3.63, 3.8) is 0 Å². The van der Waals surface area contributed by atoms with Crippen LogP contribution in [0.15, 0.2) is 9.32 Å². The van der Waals surface area contributed by atoms with Crippen LogP contribution in [0, 0.1) is 13.8 Å². The van der Waals surface area contributed by atoms with Gasteiger partial charge in [-0.2, -0.15) is 4.98 Å². The molecule has 9 heteroatoms. The molecule has 0 aromatic carbocycles. The number of hydrogen-bond donors (Lipinski definition) is 2. The molecule has 3 heterocycles. The average Bonchev–Trinajstić information content (AvgIpc) is 3.12. The summed E-state index contributed by atoms with van der Waals surface area (Å²) in [5, 5.41) is 10.8. The Balaban J connectivity index is 0.00000243. The van der Waals surface area contributed by atoms with Crippen molar-refractivity contribution in [1.82, 2.24) is 30.2 Å². The van der Waals surface area contributed by atoms with E-state index in [1.54, 1.807) is 7.05 Å². The van der Waals surface area contributed by atoms with E-state index >= 15 is 0 Å². The Labute approximate surface area is 157 Å². The maximum Gasteiger partial charge on any atom is 0.276 e. The first-order valence-corrected chi connectivity index (χ1v) is 8.44. The second-order valence-corrected chi connectivity index (χ2v) is 6.50. The molecule has 0 spiro atoms. The van der Waals surface area contributed by atoms with Gasteiger partial charge in [0.1, 0.15) is 0 Å². The van der Waals surface area contributed by atoms with Gasteiger partial charge in [-0.3, -0.25) is 14.6 Å². The highest BCUT2D eigenvalue weighted by molar-refractivity contribution is 5.85. The fraction of sp³-hybridized carbons (Fsp3) is 0.529. The van der Waals surface area contributed by atoms with Crippen molar-refractivity contribution >= 4 is 23.4 Å². The van der Waals surface area contributed by atoms with Gasteiger partial charge in [0.15, 0.2) is 11.5 Å². The van der Waals surface area contributed by atoms with Crippen LogP contribution in [0.25, 0.3) is 11.0 Å². The third-order valence-corrected chi connectivity index (χ3v) is 4.65. The Bertz CT molecular complexity index is 958. The number of pyridine rings is 1. The summed E-state index contributed by atoms with van der Waals surface area (Å²) in [7, 11) is 3.61. The van der Waals surface area contributed by atoms with Gasteiger partial charge in [0.25, 0.3) is 5.56 Å². The summed E-state index contributed by atoms with van der Waals surface area (Å²) in [5.41, 5.74) is 3.52. The second-order valence-electron chi connectivity index (χ2n) is 6.50. The van der Waals surface area contributed by atoms with Gasteiger partial charge in [0, 0.05) is 31.6 Å². The van der Waals surface area contributed by atoms with Gasteiger partial charge in [-0.25, -0.2) is 4.98 Å². The van der Waals surface area contributed by atoms with E-state index in [2.05, 4.69) is 32.5 Å². The number of aryl methyl sites for hydroxylation is 4. The van der Waals surface area contributed by atoms with Crippen LogP contribution >= 0.6 is 12.4 Å². The van der Waals surface area contributed by atoms with Crippen LogP contribution < -0.4 is 10.9 Å². The third kappa shape index (κ3) is 3.81. The molecule has 0 saturated carbocycles. The number of aromatic nitrogens is 5. The van der Waals surface area contributed by atoms with Crippen LogP contribution in [0.5, 0.6) is 0 Å². The first-order chi connectivity index (χ1) is 11.9. The number of nitrogens with one attached hydrogen (secondary N) is 2. The Morgan fingerprint density at radius 2 is 2.00 bits per heavy atom. The van der Waals surface area contributed by atoms with E-state index in [0.29, 0.717) is 41.6 Å². The van der Waals surface area contributed by atoms with Crippen LogP contribution in [-0.4, -0.2) is 38.0 Å². The highest BCUT2D eigenvalue weighted by Gasteiger charge is 2.16. The van der Waals surface area contributed by atoms with Crippen molar-refractivity contribution in [1.29, 1.82) is 0 Å². The predicted octanol–water partition coefficient (Wildman–Crippen LogP) is 1.62. The largest absolute Gasteiger partial charge is 0.339 e. The van der Waals surface area contributed by atoms with Gasteiger partial charge < -0.3 is 9.84 Å². The summed E-state index contributed by atoms with van der Waals surface area (Å²) in [6, 6.07) is 0.298. The molecule has 0 aliphatic rings. The molecule has 0 aliphatic carbocycles. The van der Waals surface area contributed by atoms with E-state index in [1.807, 2.05) is 20.9 Å². The standard InChI is InChI=1S/C17H24N6O2.ClH/c1-9(18-4)8-13-20-14(25-22-13)7-6-12-10(2)15-16(19-11(12)3)21-23(5)17(15)24;/h9,18H,6-8H2,1-5H3,(H,19,21);1H. The fourth-order valence-electron chi connectivity index (χ4n) is 3.06. The van der Waals surface area contributed by atoms with Crippen molar-refractivity contribution in [2.45, 2.75) is 46.1 Å². The fourth-order valence-corrected chi connectivity index (χ4v) is 3.06. The molecule has 2 N–H and O–H groups in total. The van der Waals surface area contributed by atoms with Crippen LogP contribution in [0.1, 0.15) is 35.5 Å². The summed E-state index contributed by atoms with van der Waals surface area (Å²) in [6.07, 6.45) is 2.06. The van der Waals surface area contributed by atoms with Gasteiger partial charge in [-0.15, -0.1) is 12.4 Å². The summed E-state index contributed by atoms with van der Waals surface area (Å²) in [6.45, 7) is 6.00. The molecule has 26 heavy (non-hydrogen) atoms. The zero-order chi connectivity index (χ0) is 18.1. The molecule has 142 valence electrons. The normalized spacial score (nSPS) is 12.3. The number of aromatic amines is 1. The maximum atomic E-state index is 12.3. The topological polar surface area (TPSA) is 102 Å². The Morgan fingerprint density at radius 3 is 2.69 bits per heavy atom. The number of nitrogens with zero attached hydrogens (tertiary/aromatic N) is 4. The lowest BCUT2D eigenvalue weighted by Gasteiger charge is -2.08. The smallest absolute Gasteiger partial charge is 0.276 e. The highest BCUT2D eigenvalue weighted by atomic mass is 35.5. The van der Waals surface area contributed by atoms with E-state index in [0.717, 1.165) is 23.2 Å². The number of fused-ring (bicyclic) bond motifs is 1. The number of halogens is 1. The lowest BCUT2D eigenvalue weighted by atomic mass is 10.0. The molecule has 1 atom stereocenters. The van der Waals surface area contributed by atoms with E-state index in [-0.39, 0.29) is 18.0 Å². The minimum atomic E-state index is -0.0534. The zero-order valence-electron chi connectivity index (χ0n) is 15.7. The number of likely N-dealkylation sites (N-methyl/N-ethyl adjacent to an activating group) is 1. The minimum Gasteiger partial charge on any atom is -0.339 e. The monoisotopic (exact) mass is 380 g/mol. The van der Waals surface area contributed by atoms with E-state index in [4.69, 9.17) is 4.52 Å². The lowest BCUT2D eigenvalue weighted by molar-refractivity contribution is 0.371. The van der Waals surface area contributed by atoms with E-state index in [1.165, 1.54) is 4.68 Å². The molecule has 0 fully saturated rings. The summed E-state index contributed by atoms with van der Waals surface area (Å²) >= 11 is 0. The van der Waals surface area contributed by atoms with Crippen molar-refractivity contribution in [2.75, 3.05) is 7.05 Å². The average molecular weight is 381 g/mol. The second kappa shape index (κ2) is 8.01. The van der Waals surface area contributed by atoms with Crippen molar-refractivity contribution in [2.24, 2.45) is 7.05 Å². The molecule has 3 aromatic rings. The molecule has 3 rings (SSSR count). The molecule has 1 unspecified atom stereocenters. The van der Waals surface area contributed by atoms with Crippen molar-refractivity contribution < 1.29 is 4.52 Å². The van der Waals surface area contributed by atoms with Gasteiger partial charge in [-0.1, -0.05) is 5.16 Å². The third-order valence-electron chi connectivity index (χ3n) is 4.65.